The summed E-state index contributed by atoms with van der Waals surface area (Å²) in [5, 5.41) is 4.63. The molecule has 108 heavy (non-hydrogen) atoms. The average Bonchev–Trinajstić information content (AvgIpc) is 0.760. The number of anilines is 9. The number of hydrogen-bond acceptors (Lipinski definition) is 5. The Morgan fingerprint density at radius 3 is 1.41 bits per heavy atom. The zero-order valence-electron chi connectivity index (χ0n) is 63.5. The van der Waals surface area contributed by atoms with Gasteiger partial charge in [-0.15, -0.1) is 0 Å². The standard InChI is InChI=1S/C100H84B2N4O2/c1-97(2,3)65-49-63(50-66(53-65)98(4,5)6)64-51-76-75-39-24-29-46-90(75)108-96(76)89(52-64)105-83-45-28-25-42-77(83)102-80-59-79-85(60-91(80)107-92-57-68(100(10,11)12)56-88(105)94(92)102)106(95-71(61-31-16-13-17-32-61)40-30-41-72(95)62-33-18-14-19-34-62)87-55-67(99(7,8)9)54-86-93(87)101(79)78-48-47-70(58-84(78)103(86)69-35-20-15-21-36-69)104-81-43-26-22-37-73(81)74-38-23-27-44-82(74)104/h13-60H,1-12H3. The zero-order chi connectivity index (χ0) is 73.6. The van der Waals surface area contributed by atoms with Gasteiger partial charge in [-0.05, 0) is 184 Å². The number of nitrogens with zero attached hydrogens (tertiary/aromatic N) is 4. The molecule has 0 bridgehead atoms. The SMILES string of the molecule is CC(C)(C)c1cc(-c2cc(N3c4ccccc4B4c5cc6c(cc5Oc5cc(C(C)(C)C)cc3c54)N(c3c(-c4ccccc4)cccc3-c3ccccc3)c3cc(C(C)(C)C)cc4c3B6c3ccc(-n5c6ccccc6c6ccccc65)cc3N4c3ccccc3)c3oc4ccccc4c3c2)cc(C(C)(C)C)c1. The molecule has 0 N–H and O–H groups in total. The fraction of sp³-hybridized carbons (Fsp3) is 0.160. The maximum Gasteiger partial charge on any atom is 0.256 e. The molecule has 0 atom stereocenters. The van der Waals surface area contributed by atoms with Crippen LogP contribution in [0.1, 0.15) is 105 Å². The summed E-state index contributed by atoms with van der Waals surface area (Å²) in [6, 6.07) is 110. The van der Waals surface area contributed by atoms with Gasteiger partial charge in [0.2, 0.25) is 0 Å². The van der Waals surface area contributed by atoms with Gasteiger partial charge in [0.25, 0.3) is 13.4 Å². The van der Waals surface area contributed by atoms with E-state index < -0.39 is 0 Å². The highest BCUT2D eigenvalue weighted by Gasteiger charge is 2.49. The van der Waals surface area contributed by atoms with E-state index in [2.05, 4.69) is 394 Å². The van der Waals surface area contributed by atoms with Gasteiger partial charge in [-0.2, -0.15) is 0 Å². The predicted molar refractivity (Wildman–Crippen MR) is 459 cm³/mol. The van der Waals surface area contributed by atoms with Crippen molar-refractivity contribution in [1.29, 1.82) is 0 Å². The first-order valence-corrected chi connectivity index (χ1v) is 38.4. The summed E-state index contributed by atoms with van der Waals surface area (Å²) in [5.41, 5.74) is 33.3. The minimum Gasteiger partial charge on any atom is -0.458 e. The molecule has 14 aromatic carbocycles. The molecular weight excluding hydrogens is 1310 g/mol. The average molecular weight is 1400 g/mol. The van der Waals surface area contributed by atoms with Crippen molar-refractivity contribution in [2.75, 3.05) is 14.7 Å². The third-order valence-corrected chi connectivity index (χ3v) is 23.6. The second-order valence-electron chi connectivity index (χ2n) is 34.5. The van der Waals surface area contributed by atoms with Crippen molar-refractivity contribution in [2.45, 2.75) is 105 Å². The van der Waals surface area contributed by atoms with Gasteiger partial charge in [-0.25, -0.2) is 0 Å². The summed E-state index contributed by atoms with van der Waals surface area (Å²) in [4.78, 5) is 7.78. The number of benzene rings is 14. The van der Waals surface area contributed by atoms with E-state index >= 15 is 0 Å². The van der Waals surface area contributed by atoms with Gasteiger partial charge in [-0.1, -0.05) is 283 Å². The lowest BCUT2D eigenvalue weighted by molar-refractivity contribution is 0.483. The monoisotopic (exact) mass is 1390 g/mol. The van der Waals surface area contributed by atoms with Crippen molar-refractivity contribution in [3.63, 3.8) is 0 Å². The lowest BCUT2D eigenvalue weighted by atomic mass is 9.30. The van der Waals surface area contributed by atoms with E-state index in [0.29, 0.717) is 0 Å². The molecule has 0 unspecified atom stereocenters. The molecule has 0 spiro atoms. The van der Waals surface area contributed by atoms with Crippen molar-refractivity contribution in [1.82, 2.24) is 4.57 Å². The van der Waals surface area contributed by atoms with E-state index in [4.69, 9.17) is 9.15 Å². The van der Waals surface area contributed by atoms with Crippen LogP contribution < -0.4 is 52.2 Å². The van der Waals surface area contributed by atoms with Crippen molar-refractivity contribution in [3.05, 3.63) is 313 Å². The van der Waals surface area contributed by atoms with Crippen LogP contribution in [0.5, 0.6) is 11.5 Å². The first-order chi connectivity index (χ1) is 52.1. The summed E-state index contributed by atoms with van der Waals surface area (Å²) < 4.78 is 17.8. The lowest BCUT2D eigenvalue weighted by Gasteiger charge is -2.47. The Bertz CT molecular complexity index is 6280. The predicted octanol–water partition coefficient (Wildman–Crippen LogP) is 23.4. The fourth-order valence-corrected chi connectivity index (χ4v) is 18.0. The first kappa shape index (κ1) is 65.5. The maximum absolute atomic E-state index is 8.01. The van der Waals surface area contributed by atoms with Crippen LogP contribution in [0.2, 0.25) is 0 Å². The molecule has 0 aliphatic carbocycles. The van der Waals surface area contributed by atoms with Crippen molar-refractivity contribution >= 4 is 141 Å². The number of aromatic nitrogens is 1. The quantitative estimate of drug-likeness (QED) is 0.149. The first-order valence-electron chi connectivity index (χ1n) is 38.4. The molecule has 0 fully saturated rings. The van der Waals surface area contributed by atoms with E-state index in [1.807, 2.05) is 0 Å². The smallest absolute Gasteiger partial charge is 0.256 e. The van der Waals surface area contributed by atoms with Crippen LogP contribution in [0.3, 0.4) is 0 Å². The topological polar surface area (TPSA) is 37.0 Å². The molecule has 20 rings (SSSR count). The second-order valence-corrected chi connectivity index (χ2v) is 34.5. The number of rotatable bonds is 7. The van der Waals surface area contributed by atoms with Gasteiger partial charge in [0.1, 0.15) is 17.1 Å². The second kappa shape index (κ2) is 23.8. The number of ether oxygens (including phenoxy) is 1. The minimum atomic E-state index is -0.280. The Labute approximate surface area is 634 Å². The van der Waals surface area contributed by atoms with E-state index in [0.717, 1.165) is 129 Å². The molecule has 0 saturated heterocycles. The molecule has 522 valence electrons. The van der Waals surface area contributed by atoms with Gasteiger partial charge in [0.05, 0.1) is 22.4 Å². The minimum absolute atomic E-state index is 0.0909. The molecule has 0 radical (unpaired) electrons. The summed E-state index contributed by atoms with van der Waals surface area (Å²) >= 11 is 0. The van der Waals surface area contributed by atoms with Gasteiger partial charge in [-0.3, -0.25) is 0 Å². The normalized spacial score (nSPS) is 13.7. The third kappa shape index (κ3) is 10.2. The Morgan fingerprint density at radius 2 is 0.778 bits per heavy atom. The van der Waals surface area contributed by atoms with Gasteiger partial charge in [0.15, 0.2) is 5.58 Å². The lowest BCUT2D eigenvalue weighted by Crippen LogP contribution is -2.64. The molecule has 6 nitrogen and oxygen atoms in total. The highest BCUT2D eigenvalue weighted by atomic mass is 16.5. The summed E-state index contributed by atoms with van der Waals surface area (Å²) in [7, 11) is 0. The Morgan fingerprint density at radius 1 is 0.278 bits per heavy atom. The van der Waals surface area contributed by atoms with Gasteiger partial charge in [0, 0.05) is 84.2 Å². The molecule has 6 heterocycles. The van der Waals surface area contributed by atoms with E-state index in [9.17, 15) is 0 Å². The molecule has 16 aromatic rings. The number of furan rings is 1. The van der Waals surface area contributed by atoms with E-state index in [1.54, 1.807) is 0 Å². The Balaban J connectivity index is 0.889. The largest absolute Gasteiger partial charge is 0.458 e. The van der Waals surface area contributed by atoms with Crippen LogP contribution in [-0.4, -0.2) is 18.0 Å². The molecule has 0 amide bonds. The van der Waals surface area contributed by atoms with Crippen LogP contribution in [0.15, 0.2) is 296 Å². The summed E-state index contributed by atoms with van der Waals surface area (Å²) in [6.07, 6.45) is 0. The highest BCUT2D eigenvalue weighted by molar-refractivity contribution is 7.02. The van der Waals surface area contributed by atoms with E-state index in [-0.39, 0.29) is 35.1 Å². The van der Waals surface area contributed by atoms with Crippen molar-refractivity contribution < 1.29 is 9.15 Å². The van der Waals surface area contributed by atoms with Crippen LogP contribution in [0.4, 0.5) is 51.2 Å². The van der Waals surface area contributed by atoms with Crippen LogP contribution in [-0.2, 0) is 21.7 Å². The van der Waals surface area contributed by atoms with Crippen LogP contribution >= 0.6 is 0 Å². The Hall–Kier alpha value is -12.0. The van der Waals surface area contributed by atoms with Gasteiger partial charge >= 0.3 is 0 Å². The molecule has 8 heteroatoms. The van der Waals surface area contributed by atoms with Crippen molar-refractivity contribution in [2.24, 2.45) is 0 Å². The highest BCUT2D eigenvalue weighted by Crippen LogP contribution is 2.54. The molecule has 4 aliphatic heterocycles. The molecule has 0 saturated carbocycles. The number of para-hydroxylation sites is 6. The summed E-state index contributed by atoms with van der Waals surface area (Å²) in [5.74, 6) is 1.69. The molecule has 2 aromatic heterocycles. The summed E-state index contributed by atoms with van der Waals surface area (Å²) in [6.45, 7) is 27.6. The van der Waals surface area contributed by atoms with E-state index in [1.165, 1.54) is 71.5 Å². The number of fused-ring (bicyclic) bond motifs is 14. The third-order valence-electron chi connectivity index (χ3n) is 23.6. The molecular formula is C100H84B2N4O2. The fourth-order valence-electron chi connectivity index (χ4n) is 18.0. The Kier molecular flexibility index (Phi) is 14.4. The van der Waals surface area contributed by atoms with Crippen molar-refractivity contribution in [3.8, 4) is 50.6 Å². The maximum atomic E-state index is 8.01. The number of hydrogen-bond donors (Lipinski definition) is 0. The molecule has 4 aliphatic rings. The van der Waals surface area contributed by atoms with Crippen LogP contribution in [0.25, 0.3) is 82.8 Å². The van der Waals surface area contributed by atoms with Crippen LogP contribution in [0, 0.1) is 0 Å². The van der Waals surface area contributed by atoms with Gasteiger partial charge < -0.3 is 28.4 Å². The zero-order valence-corrected chi connectivity index (χ0v) is 63.5.